The Morgan fingerprint density at radius 3 is 2.31 bits per heavy atom. The van der Waals surface area contributed by atoms with Crippen LogP contribution in [-0.2, 0) is 0 Å². The van der Waals surface area contributed by atoms with Crippen molar-refractivity contribution in [2.75, 3.05) is 6.61 Å². The Bertz CT molecular complexity index is 151. The molecule has 0 bridgehead atoms. The molecule has 0 amide bonds. The van der Waals surface area contributed by atoms with Crippen molar-refractivity contribution in [3.05, 3.63) is 0 Å². The first-order valence-electron chi connectivity index (χ1n) is 5.38. The summed E-state index contributed by atoms with van der Waals surface area (Å²) in [5, 5.41) is 12.4. The summed E-state index contributed by atoms with van der Waals surface area (Å²) < 4.78 is 0. The fourth-order valence-corrected chi connectivity index (χ4v) is 1.88. The van der Waals surface area contributed by atoms with Gasteiger partial charge in [-0.05, 0) is 31.1 Å². The molecular weight excluding hydrogens is 162 g/mol. The predicted molar refractivity (Wildman–Crippen MR) is 55.7 cm³/mol. The van der Waals surface area contributed by atoms with Crippen LogP contribution in [0.5, 0.6) is 0 Å². The zero-order valence-corrected chi connectivity index (χ0v) is 9.14. The lowest BCUT2D eigenvalue weighted by Gasteiger charge is -2.21. The molecule has 2 heteroatoms. The van der Waals surface area contributed by atoms with Gasteiger partial charge in [-0.1, -0.05) is 20.8 Å². The second-order valence-corrected chi connectivity index (χ2v) is 5.42. The lowest BCUT2D eigenvalue weighted by Crippen LogP contribution is -2.32. The second-order valence-electron chi connectivity index (χ2n) is 5.42. The van der Waals surface area contributed by atoms with E-state index in [4.69, 9.17) is 5.11 Å². The summed E-state index contributed by atoms with van der Waals surface area (Å²) >= 11 is 0. The van der Waals surface area contributed by atoms with Crippen LogP contribution < -0.4 is 5.32 Å². The molecule has 0 radical (unpaired) electrons. The molecule has 0 aromatic carbocycles. The van der Waals surface area contributed by atoms with Crippen molar-refractivity contribution in [1.82, 2.24) is 5.32 Å². The highest BCUT2D eigenvalue weighted by Crippen LogP contribution is 2.25. The van der Waals surface area contributed by atoms with Crippen LogP contribution in [0.15, 0.2) is 0 Å². The zero-order chi connectivity index (χ0) is 9.90. The number of rotatable bonds is 3. The van der Waals surface area contributed by atoms with E-state index in [1.807, 2.05) is 0 Å². The molecule has 0 saturated carbocycles. The standard InChI is InChI=1S/C11H23NO/c1-11(2,3)7-6-9-4-5-10(8-13)12-9/h9-10,12-13H,4-8H2,1-3H3. The van der Waals surface area contributed by atoms with Gasteiger partial charge in [0.05, 0.1) is 6.61 Å². The van der Waals surface area contributed by atoms with Gasteiger partial charge >= 0.3 is 0 Å². The number of hydrogen-bond acceptors (Lipinski definition) is 2. The van der Waals surface area contributed by atoms with E-state index in [-0.39, 0.29) is 0 Å². The van der Waals surface area contributed by atoms with Gasteiger partial charge in [-0.3, -0.25) is 0 Å². The van der Waals surface area contributed by atoms with E-state index in [1.165, 1.54) is 19.3 Å². The highest BCUT2D eigenvalue weighted by Gasteiger charge is 2.23. The molecule has 2 atom stereocenters. The Kier molecular flexibility index (Phi) is 3.74. The molecule has 0 aliphatic carbocycles. The van der Waals surface area contributed by atoms with E-state index in [2.05, 4.69) is 26.1 Å². The third-order valence-corrected chi connectivity index (χ3v) is 2.80. The molecule has 13 heavy (non-hydrogen) atoms. The molecule has 78 valence electrons. The van der Waals surface area contributed by atoms with Crippen molar-refractivity contribution in [3.8, 4) is 0 Å². The molecule has 1 aliphatic rings. The monoisotopic (exact) mass is 185 g/mol. The highest BCUT2D eigenvalue weighted by atomic mass is 16.3. The minimum atomic E-state index is 0.298. The Morgan fingerprint density at radius 2 is 1.85 bits per heavy atom. The van der Waals surface area contributed by atoms with Gasteiger partial charge in [0.2, 0.25) is 0 Å². The van der Waals surface area contributed by atoms with Gasteiger partial charge in [-0.15, -0.1) is 0 Å². The van der Waals surface area contributed by atoms with Crippen LogP contribution >= 0.6 is 0 Å². The first kappa shape index (κ1) is 11.0. The van der Waals surface area contributed by atoms with E-state index >= 15 is 0 Å². The minimum absolute atomic E-state index is 0.298. The maximum absolute atomic E-state index is 8.95. The number of hydrogen-bond donors (Lipinski definition) is 2. The van der Waals surface area contributed by atoms with E-state index < -0.39 is 0 Å². The van der Waals surface area contributed by atoms with Crippen LogP contribution in [0.1, 0.15) is 46.5 Å². The third kappa shape index (κ3) is 4.10. The van der Waals surface area contributed by atoms with Crippen LogP contribution in [0.4, 0.5) is 0 Å². The van der Waals surface area contributed by atoms with E-state index in [9.17, 15) is 0 Å². The average Bonchev–Trinajstić information content (AvgIpc) is 2.47. The smallest absolute Gasteiger partial charge is 0.0584 e. The average molecular weight is 185 g/mol. The summed E-state index contributed by atoms with van der Waals surface area (Å²) in [6, 6.07) is 1.02. The Morgan fingerprint density at radius 1 is 1.23 bits per heavy atom. The van der Waals surface area contributed by atoms with Crippen molar-refractivity contribution in [1.29, 1.82) is 0 Å². The first-order chi connectivity index (χ1) is 6.01. The predicted octanol–water partition coefficient (Wildman–Crippen LogP) is 1.93. The van der Waals surface area contributed by atoms with Crippen LogP contribution in [0.3, 0.4) is 0 Å². The van der Waals surface area contributed by atoms with Crippen molar-refractivity contribution in [3.63, 3.8) is 0 Å². The molecule has 1 saturated heterocycles. The number of nitrogens with one attached hydrogen (secondary N) is 1. The van der Waals surface area contributed by atoms with Crippen LogP contribution in [0.25, 0.3) is 0 Å². The Hall–Kier alpha value is -0.0800. The number of aliphatic hydroxyl groups excluding tert-OH is 1. The fourth-order valence-electron chi connectivity index (χ4n) is 1.88. The largest absolute Gasteiger partial charge is 0.395 e. The van der Waals surface area contributed by atoms with E-state index in [1.54, 1.807) is 0 Å². The van der Waals surface area contributed by atoms with Crippen molar-refractivity contribution in [2.45, 2.75) is 58.5 Å². The number of aliphatic hydroxyl groups is 1. The normalized spacial score (nSPS) is 29.5. The molecule has 0 spiro atoms. The van der Waals surface area contributed by atoms with Crippen molar-refractivity contribution >= 4 is 0 Å². The molecule has 1 fully saturated rings. The van der Waals surface area contributed by atoms with Crippen molar-refractivity contribution in [2.24, 2.45) is 5.41 Å². The van der Waals surface area contributed by atoms with Gasteiger partial charge in [-0.2, -0.15) is 0 Å². The van der Waals surface area contributed by atoms with Gasteiger partial charge in [0, 0.05) is 12.1 Å². The lowest BCUT2D eigenvalue weighted by molar-refractivity contribution is 0.248. The molecule has 2 N–H and O–H groups in total. The lowest BCUT2D eigenvalue weighted by atomic mass is 9.88. The second kappa shape index (κ2) is 4.43. The van der Waals surface area contributed by atoms with Gasteiger partial charge in [-0.25, -0.2) is 0 Å². The summed E-state index contributed by atoms with van der Waals surface area (Å²) in [6.07, 6.45) is 4.90. The zero-order valence-electron chi connectivity index (χ0n) is 9.14. The summed E-state index contributed by atoms with van der Waals surface area (Å²) in [6.45, 7) is 7.15. The van der Waals surface area contributed by atoms with E-state index in [0.29, 0.717) is 24.1 Å². The first-order valence-corrected chi connectivity index (χ1v) is 5.38. The summed E-state index contributed by atoms with van der Waals surface area (Å²) in [5.74, 6) is 0. The van der Waals surface area contributed by atoms with Gasteiger partial charge in [0.1, 0.15) is 0 Å². The quantitative estimate of drug-likeness (QED) is 0.704. The molecule has 1 aliphatic heterocycles. The van der Waals surface area contributed by atoms with Crippen LogP contribution in [-0.4, -0.2) is 23.8 Å². The molecule has 1 rings (SSSR count). The SMILES string of the molecule is CC(C)(C)CCC1CCC(CO)N1. The highest BCUT2D eigenvalue weighted by molar-refractivity contribution is 4.83. The minimum Gasteiger partial charge on any atom is -0.395 e. The van der Waals surface area contributed by atoms with Gasteiger partial charge in [0.25, 0.3) is 0 Å². The van der Waals surface area contributed by atoms with Crippen LogP contribution in [0, 0.1) is 5.41 Å². The van der Waals surface area contributed by atoms with Crippen LogP contribution in [0.2, 0.25) is 0 Å². The summed E-state index contributed by atoms with van der Waals surface area (Å²) in [7, 11) is 0. The van der Waals surface area contributed by atoms with Gasteiger partial charge < -0.3 is 10.4 Å². The summed E-state index contributed by atoms with van der Waals surface area (Å²) in [5.41, 5.74) is 0.443. The van der Waals surface area contributed by atoms with Gasteiger partial charge in [0.15, 0.2) is 0 Å². The topological polar surface area (TPSA) is 32.3 Å². The maximum atomic E-state index is 8.95. The fraction of sp³-hybridized carbons (Fsp3) is 1.00. The molecule has 2 unspecified atom stereocenters. The van der Waals surface area contributed by atoms with Crippen molar-refractivity contribution < 1.29 is 5.11 Å². The maximum Gasteiger partial charge on any atom is 0.0584 e. The summed E-state index contributed by atoms with van der Waals surface area (Å²) in [4.78, 5) is 0. The third-order valence-electron chi connectivity index (χ3n) is 2.80. The Labute approximate surface area is 81.7 Å². The Balaban J connectivity index is 2.17. The molecule has 0 aromatic rings. The van der Waals surface area contributed by atoms with E-state index in [0.717, 1.165) is 6.42 Å². The molecular formula is C11H23NO. The molecule has 1 heterocycles. The molecule has 2 nitrogen and oxygen atoms in total. The molecule has 0 aromatic heterocycles.